The first-order chi connectivity index (χ1) is 9.06. The highest BCUT2D eigenvalue weighted by Gasteiger charge is 2.22. The van der Waals surface area contributed by atoms with E-state index in [-0.39, 0.29) is 24.7 Å². The first-order valence-corrected chi connectivity index (χ1v) is 7.18. The van der Waals surface area contributed by atoms with Gasteiger partial charge in [-0.25, -0.2) is 0 Å². The van der Waals surface area contributed by atoms with Gasteiger partial charge in [0.05, 0.1) is 11.3 Å². The molecule has 5 nitrogen and oxygen atoms in total. The number of piperazine rings is 1. The second kappa shape index (κ2) is 7.61. The summed E-state index contributed by atoms with van der Waals surface area (Å²) in [5, 5.41) is 8.65. The molecule has 1 aliphatic rings. The quantitative estimate of drug-likeness (QED) is 0.918. The molecule has 1 aromatic rings. The monoisotopic (exact) mass is 318 g/mol. The Bertz CT molecular complexity index is 470. The van der Waals surface area contributed by atoms with Crippen molar-refractivity contribution in [1.82, 2.24) is 9.80 Å². The fourth-order valence-corrected chi connectivity index (χ4v) is 2.97. The van der Waals surface area contributed by atoms with Gasteiger partial charge in [-0.05, 0) is 19.1 Å². The van der Waals surface area contributed by atoms with Crippen molar-refractivity contribution in [2.24, 2.45) is 0 Å². The van der Waals surface area contributed by atoms with Gasteiger partial charge in [0.1, 0.15) is 0 Å². The zero-order valence-electron chi connectivity index (χ0n) is 11.4. The van der Waals surface area contributed by atoms with Gasteiger partial charge in [-0.1, -0.05) is 0 Å². The molecule has 0 saturated carbocycles. The van der Waals surface area contributed by atoms with E-state index in [0.717, 1.165) is 22.8 Å². The maximum Gasteiger partial charge on any atom is 0.304 e. The number of carboxylic acids is 1. The van der Waals surface area contributed by atoms with Gasteiger partial charge in [0.2, 0.25) is 0 Å². The highest BCUT2D eigenvalue weighted by molar-refractivity contribution is 7.13. The standard InChI is InChI=1S/C13H18N2O3S.ClH/c1-10-2-3-11(19-10)13(18)15-8-6-14(7-9-15)5-4-12(16)17;/h2-3H,4-9H2,1H3,(H,16,17);1H. The fourth-order valence-electron chi connectivity index (χ4n) is 2.13. The first-order valence-electron chi connectivity index (χ1n) is 6.36. The van der Waals surface area contributed by atoms with E-state index in [2.05, 4.69) is 4.90 Å². The summed E-state index contributed by atoms with van der Waals surface area (Å²) in [6.07, 6.45) is 0.165. The minimum Gasteiger partial charge on any atom is -0.481 e. The van der Waals surface area contributed by atoms with Crippen LogP contribution in [0.1, 0.15) is 21.0 Å². The second-order valence-corrected chi connectivity index (χ2v) is 5.98. The van der Waals surface area contributed by atoms with Crippen LogP contribution in [-0.2, 0) is 4.79 Å². The van der Waals surface area contributed by atoms with Crippen molar-refractivity contribution in [3.8, 4) is 0 Å². The minimum atomic E-state index is -0.771. The summed E-state index contributed by atoms with van der Waals surface area (Å²) in [5.74, 6) is -0.677. The third-order valence-electron chi connectivity index (χ3n) is 3.25. The van der Waals surface area contributed by atoms with Crippen LogP contribution in [0.2, 0.25) is 0 Å². The van der Waals surface area contributed by atoms with E-state index < -0.39 is 5.97 Å². The molecule has 0 bridgehead atoms. The number of amides is 1. The Morgan fingerprint density at radius 3 is 2.40 bits per heavy atom. The maximum atomic E-state index is 12.2. The molecule has 0 aliphatic carbocycles. The van der Waals surface area contributed by atoms with Crippen molar-refractivity contribution < 1.29 is 14.7 Å². The lowest BCUT2D eigenvalue weighted by Crippen LogP contribution is -2.48. The fraction of sp³-hybridized carbons (Fsp3) is 0.538. The number of hydrogen-bond donors (Lipinski definition) is 1. The van der Waals surface area contributed by atoms with Gasteiger partial charge in [-0.3, -0.25) is 14.5 Å². The zero-order chi connectivity index (χ0) is 13.8. The number of thiophene rings is 1. The first kappa shape index (κ1) is 16.9. The summed E-state index contributed by atoms with van der Waals surface area (Å²) in [7, 11) is 0. The molecule has 0 aromatic carbocycles. The summed E-state index contributed by atoms with van der Waals surface area (Å²) in [6, 6.07) is 3.83. The van der Waals surface area contributed by atoms with E-state index in [1.54, 1.807) is 0 Å². The van der Waals surface area contributed by atoms with Gasteiger partial charge in [0.15, 0.2) is 0 Å². The lowest BCUT2D eigenvalue weighted by atomic mass is 10.2. The van der Waals surface area contributed by atoms with Crippen molar-refractivity contribution >= 4 is 35.6 Å². The van der Waals surface area contributed by atoms with Gasteiger partial charge in [-0.2, -0.15) is 0 Å². The van der Waals surface area contributed by atoms with Gasteiger partial charge < -0.3 is 10.0 Å². The number of carbonyl (C=O) groups excluding carboxylic acids is 1. The molecular formula is C13H19ClN2O3S. The van der Waals surface area contributed by atoms with E-state index in [0.29, 0.717) is 19.6 Å². The van der Waals surface area contributed by atoms with Crippen LogP contribution in [0.15, 0.2) is 12.1 Å². The van der Waals surface area contributed by atoms with Crippen molar-refractivity contribution in [2.45, 2.75) is 13.3 Å². The molecule has 1 aromatic heterocycles. The van der Waals surface area contributed by atoms with Crippen molar-refractivity contribution in [2.75, 3.05) is 32.7 Å². The van der Waals surface area contributed by atoms with E-state index in [4.69, 9.17) is 5.11 Å². The largest absolute Gasteiger partial charge is 0.481 e. The molecule has 1 N–H and O–H groups in total. The molecule has 2 heterocycles. The van der Waals surface area contributed by atoms with E-state index in [1.165, 1.54) is 11.3 Å². The van der Waals surface area contributed by atoms with Gasteiger partial charge in [0.25, 0.3) is 5.91 Å². The maximum absolute atomic E-state index is 12.2. The molecule has 0 radical (unpaired) electrons. The number of nitrogens with zero attached hydrogens (tertiary/aromatic N) is 2. The predicted octanol–water partition coefficient (Wildman–Crippen LogP) is 1.71. The average molecular weight is 319 g/mol. The Kier molecular flexibility index (Phi) is 6.45. The lowest BCUT2D eigenvalue weighted by molar-refractivity contribution is -0.137. The lowest BCUT2D eigenvalue weighted by Gasteiger charge is -2.34. The van der Waals surface area contributed by atoms with Gasteiger partial charge in [0, 0.05) is 37.6 Å². The summed E-state index contributed by atoms with van der Waals surface area (Å²) < 4.78 is 0. The summed E-state index contributed by atoms with van der Waals surface area (Å²) >= 11 is 1.52. The topological polar surface area (TPSA) is 60.9 Å². The molecular weight excluding hydrogens is 300 g/mol. The highest BCUT2D eigenvalue weighted by atomic mass is 35.5. The molecule has 20 heavy (non-hydrogen) atoms. The molecule has 1 fully saturated rings. The Hall–Kier alpha value is -1.11. The number of halogens is 1. The molecule has 112 valence electrons. The summed E-state index contributed by atoms with van der Waals surface area (Å²) in [6.45, 7) is 5.41. The minimum absolute atomic E-state index is 0. The number of hydrogen-bond acceptors (Lipinski definition) is 4. The third kappa shape index (κ3) is 4.47. The second-order valence-electron chi connectivity index (χ2n) is 4.69. The smallest absolute Gasteiger partial charge is 0.304 e. The Morgan fingerprint density at radius 1 is 1.25 bits per heavy atom. The van der Waals surface area contributed by atoms with Crippen LogP contribution in [0, 0.1) is 6.92 Å². The number of carboxylic acid groups (broad SMARTS) is 1. The van der Waals surface area contributed by atoms with Crippen LogP contribution in [-0.4, -0.2) is 59.5 Å². The SMILES string of the molecule is Cc1ccc(C(=O)N2CCN(CCC(=O)O)CC2)s1.Cl. The van der Waals surface area contributed by atoms with Crippen molar-refractivity contribution in [3.05, 3.63) is 21.9 Å². The van der Waals surface area contributed by atoms with Crippen LogP contribution < -0.4 is 0 Å². The molecule has 7 heteroatoms. The highest BCUT2D eigenvalue weighted by Crippen LogP contribution is 2.18. The Morgan fingerprint density at radius 2 is 1.90 bits per heavy atom. The van der Waals surface area contributed by atoms with E-state index >= 15 is 0 Å². The molecule has 0 unspecified atom stereocenters. The van der Waals surface area contributed by atoms with Crippen LogP contribution >= 0.6 is 23.7 Å². The summed E-state index contributed by atoms with van der Waals surface area (Å²) in [4.78, 5) is 28.6. The summed E-state index contributed by atoms with van der Waals surface area (Å²) in [5.41, 5.74) is 0. The van der Waals surface area contributed by atoms with Crippen LogP contribution in [0.5, 0.6) is 0 Å². The predicted molar refractivity (Wildman–Crippen MR) is 80.9 cm³/mol. The molecule has 1 aliphatic heterocycles. The van der Waals surface area contributed by atoms with E-state index in [1.807, 2.05) is 24.0 Å². The van der Waals surface area contributed by atoms with E-state index in [9.17, 15) is 9.59 Å². The molecule has 2 rings (SSSR count). The molecule has 1 saturated heterocycles. The van der Waals surface area contributed by atoms with Crippen LogP contribution in [0.3, 0.4) is 0 Å². The van der Waals surface area contributed by atoms with Crippen molar-refractivity contribution in [1.29, 1.82) is 0 Å². The molecule has 1 amide bonds. The normalized spacial score (nSPS) is 15.8. The number of aliphatic carboxylic acids is 1. The van der Waals surface area contributed by atoms with Crippen LogP contribution in [0.25, 0.3) is 0 Å². The average Bonchev–Trinajstić information content (AvgIpc) is 2.83. The van der Waals surface area contributed by atoms with Gasteiger partial charge in [-0.15, -0.1) is 23.7 Å². The van der Waals surface area contributed by atoms with Crippen molar-refractivity contribution in [3.63, 3.8) is 0 Å². The number of aryl methyl sites for hydroxylation is 1. The number of carbonyl (C=O) groups is 2. The Balaban J connectivity index is 0.00000200. The molecule has 0 spiro atoms. The Labute approximate surface area is 128 Å². The molecule has 0 atom stereocenters. The third-order valence-corrected chi connectivity index (χ3v) is 4.24. The number of rotatable bonds is 4. The zero-order valence-corrected chi connectivity index (χ0v) is 13.0. The van der Waals surface area contributed by atoms with Gasteiger partial charge >= 0.3 is 5.97 Å². The van der Waals surface area contributed by atoms with Crippen LogP contribution in [0.4, 0.5) is 0 Å².